The number of hydrogen-bond acceptors (Lipinski definition) is 3. The molecule has 1 fully saturated rings. The molecule has 1 aromatic carbocycles. The monoisotopic (exact) mass is 336 g/mol. The molecule has 2 rings (SSSR count). The summed E-state index contributed by atoms with van der Waals surface area (Å²) in [6.45, 7) is 10.2. The summed E-state index contributed by atoms with van der Waals surface area (Å²) in [4.78, 5) is 14.7. The molecule has 0 aromatic heterocycles. The summed E-state index contributed by atoms with van der Waals surface area (Å²) in [5.74, 6) is 1.55. The fourth-order valence-corrected chi connectivity index (χ4v) is 3.43. The van der Waals surface area contributed by atoms with Crippen LogP contribution in [0.4, 0.5) is 0 Å². The highest BCUT2D eigenvalue weighted by molar-refractivity contribution is 7.99. The molecule has 130 valence electrons. The average molecular weight is 337 g/mol. The lowest BCUT2D eigenvalue weighted by molar-refractivity contribution is -0.131. The van der Waals surface area contributed by atoms with Crippen molar-refractivity contribution >= 4 is 17.7 Å². The van der Waals surface area contributed by atoms with Gasteiger partial charge in [-0.3, -0.25) is 4.79 Å². The Balaban J connectivity index is 0.000000231. The van der Waals surface area contributed by atoms with Crippen LogP contribution in [0.3, 0.4) is 0 Å². The van der Waals surface area contributed by atoms with Crippen molar-refractivity contribution in [3.63, 3.8) is 0 Å². The predicted molar refractivity (Wildman–Crippen MR) is 101 cm³/mol. The van der Waals surface area contributed by atoms with E-state index in [1.165, 1.54) is 22.6 Å². The van der Waals surface area contributed by atoms with Crippen molar-refractivity contribution < 1.29 is 4.79 Å². The maximum absolute atomic E-state index is 11.3. The Bertz CT molecular complexity index is 445. The molecule has 0 atom stereocenters. The number of hydrogen-bond donors (Lipinski definition) is 1. The van der Waals surface area contributed by atoms with Crippen LogP contribution in [0, 0.1) is 0 Å². The van der Waals surface area contributed by atoms with Gasteiger partial charge in [0, 0.05) is 37.5 Å². The Kier molecular flexibility index (Phi) is 10.8. The molecule has 1 N–H and O–H groups in total. The molecular weight excluding hydrogens is 304 g/mol. The van der Waals surface area contributed by atoms with Gasteiger partial charge in [0.1, 0.15) is 0 Å². The largest absolute Gasteiger partial charge is 0.340 e. The van der Waals surface area contributed by atoms with Gasteiger partial charge in [0.25, 0.3) is 0 Å². The zero-order chi connectivity index (χ0) is 16.9. The third-order valence-corrected chi connectivity index (χ3v) is 5.07. The lowest BCUT2D eigenvalue weighted by atomic mass is 10.2. The maximum Gasteiger partial charge on any atom is 0.222 e. The average Bonchev–Trinajstić information content (AvgIpc) is 2.61. The number of thioether (sulfide) groups is 1. The second-order valence-electron chi connectivity index (χ2n) is 5.69. The van der Waals surface area contributed by atoms with Crippen LogP contribution in [-0.4, -0.2) is 42.7 Å². The van der Waals surface area contributed by atoms with E-state index in [0.717, 1.165) is 39.0 Å². The van der Waals surface area contributed by atoms with E-state index >= 15 is 0 Å². The molecule has 23 heavy (non-hydrogen) atoms. The molecule has 1 aliphatic rings. The summed E-state index contributed by atoms with van der Waals surface area (Å²) in [7, 11) is 0. The molecule has 1 heterocycles. The Morgan fingerprint density at radius 3 is 2.43 bits per heavy atom. The van der Waals surface area contributed by atoms with E-state index in [1.807, 2.05) is 23.6 Å². The van der Waals surface area contributed by atoms with Gasteiger partial charge in [-0.05, 0) is 36.6 Å². The fourth-order valence-electron chi connectivity index (χ4n) is 2.43. The molecule has 1 aliphatic heterocycles. The normalized spacial score (nSPS) is 14.1. The van der Waals surface area contributed by atoms with E-state index in [2.05, 4.69) is 43.4 Å². The maximum atomic E-state index is 11.3. The summed E-state index contributed by atoms with van der Waals surface area (Å²) >= 11 is 1.97. The summed E-state index contributed by atoms with van der Waals surface area (Å²) in [5, 5.41) is 3.22. The minimum Gasteiger partial charge on any atom is -0.340 e. The van der Waals surface area contributed by atoms with E-state index in [-0.39, 0.29) is 0 Å². The van der Waals surface area contributed by atoms with Crippen LogP contribution in [0.2, 0.25) is 0 Å². The Hall–Kier alpha value is -1.00. The smallest absolute Gasteiger partial charge is 0.222 e. The van der Waals surface area contributed by atoms with Gasteiger partial charge in [-0.2, -0.15) is 0 Å². The lowest BCUT2D eigenvalue weighted by Crippen LogP contribution is -2.46. The molecule has 0 aliphatic carbocycles. The standard InChI is InChI=1S/C11H16S.C8H16N2O/c1-3-9-12-11-8-6-5-7-10(11)4-2;1-2-3-8(11)10-6-4-9-5-7-10/h5-8H,3-4,9H2,1-2H3;9H,2-7H2,1H3. The lowest BCUT2D eigenvalue weighted by Gasteiger charge is -2.27. The van der Waals surface area contributed by atoms with Gasteiger partial charge >= 0.3 is 0 Å². The van der Waals surface area contributed by atoms with Crippen LogP contribution in [-0.2, 0) is 11.2 Å². The molecule has 0 bridgehead atoms. The highest BCUT2D eigenvalue weighted by Crippen LogP contribution is 2.23. The number of benzene rings is 1. The van der Waals surface area contributed by atoms with Crippen molar-refractivity contribution in [1.29, 1.82) is 0 Å². The third kappa shape index (κ3) is 7.89. The molecule has 1 aromatic rings. The van der Waals surface area contributed by atoms with Crippen LogP contribution >= 0.6 is 11.8 Å². The molecular formula is C19H32N2OS. The van der Waals surface area contributed by atoms with Crippen molar-refractivity contribution in [3.05, 3.63) is 29.8 Å². The second kappa shape index (κ2) is 12.4. The summed E-state index contributed by atoms with van der Waals surface area (Å²) in [6, 6.07) is 8.68. The van der Waals surface area contributed by atoms with Gasteiger partial charge < -0.3 is 10.2 Å². The number of piperazine rings is 1. The first kappa shape index (κ1) is 20.0. The quantitative estimate of drug-likeness (QED) is 0.798. The van der Waals surface area contributed by atoms with Gasteiger partial charge in [0.15, 0.2) is 0 Å². The highest BCUT2D eigenvalue weighted by Gasteiger charge is 2.14. The number of carbonyl (C=O) groups excluding carboxylic acids is 1. The first-order valence-corrected chi connectivity index (χ1v) is 9.90. The van der Waals surface area contributed by atoms with Gasteiger partial charge in [-0.25, -0.2) is 0 Å². The number of aryl methyl sites for hydroxylation is 1. The van der Waals surface area contributed by atoms with E-state index in [4.69, 9.17) is 0 Å². The topological polar surface area (TPSA) is 32.3 Å². The minimum absolute atomic E-state index is 0.314. The zero-order valence-corrected chi connectivity index (χ0v) is 15.8. The highest BCUT2D eigenvalue weighted by atomic mass is 32.2. The van der Waals surface area contributed by atoms with Crippen LogP contribution in [0.15, 0.2) is 29.2 Å². The van der Waals surface area contributed by atoms with Crippen molar-refractivity contribution in [2.75, 3.05) is 31.9 Å². The summed E-state index contributed by atoms with van der Waals surface area (Å²) in [6.07, 6.45) is 4.07. The van der Waals surface area contributed by atoms with Crippen molar-refractivity contribution in [3.8, 4) is 0 Å². The van der Waals surface area contributed by atoms with E-state index < -0.39 is 0 Å². The van der Waals surface area contributed by atoms with Crippen molar-refractivity contribution in [1.82, 2.24) is 10.2 Å². The van der Waals surface area contributed by atoms with E-state index in [1.54, 1.807) is 0 Å². The molecule has 0 saturated carbocycles. The van der Waals surface area contributed by atoms with Gasteiger partial charge in [-0.15, -0.1) is 11.8 Å². The predicted octanol–water partition coefficient (Wildman–Crippen LogP) is 3.97. The number of nitrogens with zero attached hydrogens (tertiary/aromatic N) is 1. The number of nitrogens with one attached hydrogen (secondary N) is 1. The van der Waals surface area contributed by atoms with Crippen LogP contribution in [0.25, 0.3) is 0 Å². The Morgan fingerprint density at radius 2 is 1.83 bits per heavy atom. The molecule has 1 saturated heterocycles. The van der Waals surface area contributed by atoms with E-state index in [9.17, 15) is 4.79 Å². The summed E-state index contributed by atoms with van der Waals surface area (Å²) < 4.78 is 0. The first-order chi connectivity index (χ1) is 11.2. The third-order valence-electron chi connectivity index (χ3n) is 3.75. The molecule has 4 heteroatoms. The van der Waals surface area contributed by atoms with Crippen molar-refractivity contribution in [2.24, 2.45) is 0 Å². The Labute approximate surface area is 146 Å². The molecule has 1 amide bonds. The molecule has 0 radical (unpaired) electrons. The number of amides is 1. The zero-order valence-electron chi connectivity index (χ0n) is 14.9. The fraction of sp³-hybridized carbons (Fsp3) is 0.632. The van der Waals surface area contributed by atoms with Crippen LogP contribution in [0.1, 0.15) is 45.6 Å². The van der Waals surface area contributed by atoms with Crippen LogP contribution < -0.4 is 5.32 Å². The van der Waals surface area contributed by atoms with Crippen molar-refractivity contribution in [2.45, 2.75) is 51.3 Å². The van der Waals surface area contributed by atoms with Gasteiger partial charge in [-0.1, -0.05) is 39.0 Å². The number of carbonyl (C=O) groups is 1. The molecule has 0 spiro atoms. The Morgan fingerprint density at radius 1 is 1.13 bits per heavy atom. The molecule has 0 unspecified atom stereocenters. The second-order valence-corrected chi connectivity index (χ2v) is 6.83. The van der Waals surface area contributed by atoms with Crippen LogP contribution in [0.5, 0.6) is 0 Å². The first-order valence-electron chi connectivity index (χ1n) is 8.92. The molecule has 3 nitrogen and oxygen atoms in total. The minimum atomic E-state index is 0.314. The SMILES string of the molecule is CCCC(=O)N1CCNCC1.CCCSc1ccccc1CC. The van der Waals surface area contributed by atoms with Gasteiger partial charge in [0.2, 0.25) is 5.91 Å². The number of rotatable bonds is 6. The van der Waals surface area contributed by atoms with E-state index in [0.29, 0.717) is 12.3 Å². The van der Waals surface area contributed by atoms with Gasteiger partial charge in [0.05, 0.1) is 0 Å². The summed E-state index contributed by atoms with van der Waals surface area (Å²) in [5.41, 5.74) is 1.48.